The molecule has 16 heteroatoms. The van der Waals surface area contributed by atoms with Crippen LogP contribution in [0.5, 0.6) is 5.75 Å². The Balaban J connectivity index is 0.00000360. The first-order valence-corrected chi connectivity index (χ1v) is 18.5. The summed E-state index contributed by atoms with van der Waals surface area (Å²) in [5.74, 6) is -4.12. The molecule has 2 radical (unpaired) electrons. The molecular weight excluding hydrogens is 1170 g/mol. The van der Waals surface area contributed by atoms with Crippen molar-refractivity contribution in [3.8, 4) is 5.75 Å². The zero-order valence-electron chi connectivity index (χ0n) is 33.2. The van der Waals surface area contributed by atoms with Gasteiger partial charge in [-0.05, 0) is 81.5 Å². The fourth-order valence-electron chi connectivity index (χ4n) is 9.20. The number of ether oxygens (including phenoxy) is 4. The van der Waals surface area contributed by atoms with E-state index >= 15 is 0 Å². The summed E-state index contributed by atoms with van der Waals surface area (Å²) in [4.78, 5) is 55.4. The molecule has 3 fully saturated rings. The molecule has 2 aromatic rings. The molecule has 1 aliphatic heterocycles. The molecule has 8 unspecified atom stereocenters. The van der Waals surface area contributed by atoms with E-state index in [0.717, 1.165) is 0 Å². The number of carbonyl (C=O) groups excluding carboxylic acids is 4. The Morgan fingerprint density at radius 1 is 0.965 bits per heavy atom. The third-order valence-electron chi connectivity index (χ3n) is 12.2. The van der Waals surface area contributed by atoms with Gasteiger partial charge in [-0.1, -0.05) is 51.1 Å². The fourth-order valence-corrected chi connectivity index (χ4v) is 9.20. The van der Waals surface area contributed by atoms with Gasteiger partial charge in [0, 0.05) is 111 Å². The summed E-state index contributed by atoms with van der Waals surface area (Å²) in [5, 5.41) is 61.4. The van der Waals surface area contributed by atoms with Gasteiger partial charge in [-0.25, -0.2) is 14.4 Å². The number of fused-ring (bicyclic) bond motifs is 5. The number of phenolic OH excluding ortho intramolecular Hbond substituents is 1. The average Bonchev–Trinajstić information content (AvgIpc) is 3.10. The summed E-state index contributed by atoms with van der Waals surface area (Å²) < 4.78 is 23.3. The number of alkyl carbamates (subject to hydrolysis) is 1. The normalized spacial score (nSPS) is 32.5. The van der Waals surface area contributed by atoms with Crippen LogP contribution in [0.4, 0.5) is 4.79 Å². The Kier molecular flexibility index (Phi) is 14.8. The number of Topliss-reactive ketones (excluding diaryl/α,β-unsaturated/α-hetero) is 1. The van der Waals surface area contributed by atoms with Gasteiger partial charge in [0.1, 0.15) is 40.9 Å². The molecule has 0 spiro atoms. The summed E-state index contributed by atoms with van der Waals surface area (Å²) >= 11 is 0. The maximum Gasteiger partial charge on any atom is 0.408 e. The molecule has 1 heterocycles. The van der Waals surface area contributed by atoms with E-state index in [9.17, 15) is 44.7 Å². The van der Waals surface area contributed by atoms with Crippen LogP contribution >= 0.6 is 0 Å². The molecular formula is C41H51Ac2NO13. The number of carbonyl (C=O) groups is 4. The van der Waals surface area contributed by atoms with E-state index < -0.39 is 100 Å². The van der Waals surface area contributed by atoms with Gasteiger partial charge in [-0.15, -0.1) is 0 Å². The Hall–Kier alpha value is -1.46. The zero-order chi connectivity index (χ0) is 40.5. The van der Waals surface area contributed by atoms with Crippen LogP contribution in [-0.2, 0) is 28.5 Å². The van der Waals surface area contributed by atoms with Crippen LogP contribution in [0.3, 0.4) is 0 Å². The average molecular weight is 1220 g/mol. The monoisotopic (exact) mass is 1220 g/mol. The molecule has 57 heavy (non-hydrogen) atoms. The molecule has 10 atom stereocenters. The number of aliphatic hydroxyl groups is 4. The zero-order valence-corrected chi connectivity index (χ0v) is 42.7. The summed E-state index contributed by atoms with van der Waals surface area (Å²) in [6, 6.07) is 12.0. The van der Waals surface area contributed by atoms with Crippen LogP contribution < -0.4 is 5.32 Å². The van der Waals surface area contributed by atoms with Crippen molar-refractivity contribution in [3.63, 3.8) is 0 Å². The second-order valence-corrected chi connectivity index (χ2v) is 17.1. The van der Waals surface area contributed by atoms with Gasteiger partial charge in [0.05, 0.1) is 24.3 Å². The summed E-state index contributed by atoms with van der Waals surface area (Å²) in [5.41, 5.74) is -7.28. The van der Waals surface area contributed by atoms with Crippen LogP contribution in [0.15, 0.2) is 65.7 Å². The second-order valence-electron chi connectivity index (χ2n) is 17.1. The third kappa shape index (κ3) is 8.70. The number of aromatic hydroxyl groups is 1. The summed E-state index contributed by atoms with van der Waals surface area (Å²) in [7, 11) is 0. The minimum absolute atomic E-state index is 0. The Morgan fingerprint density at radius 3 is 2.14 bits per heavy atom. The fraction of sp³-hybridized carbons (Fsp3) is 0.561. The van der Waals surface area contributed by atoms with Crippen molar-refractivity contribution in [2.75, 3.05) is 6.61 Å². The van der Waals surface area contributed by atoms with Crippen molar-refractivity contribution in [1.29, 1.82) is 0 Å². The van der Waals surface area contributed by atoms with Crippen LogP contribution in [0.25, 0.3) is 0 Å². The van der Waals surface area contributed by atoms with E-state index in [1.807, 2.05) is 0 Å². The molecule has 1 amide bonds. The van der Waals surface area contributed by atoms with E-state index in [0.29, 0.717) is 0 Å². The first kappa shape index (κ1) is 48.2. The number of hydrogen-bond acceptors (Lipinski definition) is 13. The van der Waals surface area contributed by atoms with Gasteiger partial charge in [-0.2, -0.15) is 0 Å². The molecule has 304 valence electrons. The quantitative estimate of drug-likeness (QED) is 0.133. The van der Waals surface area contributed by atoms with Crippen molar-refractivity contribution in [2.24, 2.45) is 16.7 Å². The number of benzene rings is 2. The summed E-state index contributed by atoms with van der Waals surface area (Å²) in [6.45, 7) is 11.0. The van der Waals surface area contributed by atoms with Crippen LogP contribution in [-0.4, -0.2) is 103 Å². The van der Waals surface area contributed by atoms with Crippen molar-refractivity contribution in [1.82, 2.24) is 5.32 Å². The minimum atomic E-state index is -2.21. The van der Waals surface area contributed by atoms with Crippen LogP contribution in [0.2, 0.25) is 0 Å². The molecule has 2 bridgehead atoms. The van der Waals surface area contributed by atoms with Crippen molar-refractivity contribution in [3.05, 3.63) is 76.9 Å². The van der Waals surface area contributed by atoms with Crippen molar-refractivity contribution in [2.45, 2.75) is 121 Å². The van der Waals surface area contributed by atoms with E-state index in [-0.39, 0.29) is 136 Å². The minimum Gasteiger partial charge on any atom is -0.508 e. The topological polar surface area (TPSA) is 218 Å². The number of ketones is 1. The number of hydrogen-bond donors (Lipinski definition) is 6. The maximum absolute atomic E-state index is 14.6. The maximum atomic E-state index is 14.6. The van der Waals surface area contributed by atoms with E-state index in [1.54, 1.807) is 66.7 Å². The molecule has 6 N–H and O–H groups in total. The smallest absolute Gasteiger partial charge is 0.408 e. The van der Waals surface area contributed by atoms with Crippen LogP contribution in [0, 0.1) is 105 Å². The van der Waals surface area contributed by atoms with E-state index in [1.165, 1.54) is 36.4 Å². The molecule has 4 aliphatic rings. The third-order valence-corrected chi connectivity index (χ3v) is 12.2. The summed E-state index contributed by atoms with van der Waals surface area (Å²) in [6.07, 6.45) is -8.63. The Labute approximate surface area is 403 Å². The van der Waals surface area contributed by atoms with E-state index in [4.69, 9.17) is 18.9 Å². The number of amides is 1. The molecule has 6 rings (SSSR count). The number of phenols is 1. The van der Waals surface area contributed by atoms with Gasteiger partial charge in [0.2, 0.25) is 0 Å². The van der Waals surface area contributed by atoms with Crippen molar-refractivity contribution < 1.29 is 152 Å². The Morgan fingerprint density at radius 2 is 1.58 bits per heavy atom. The second kappa shape index (κ2) is 17.5. The first-order chi connectivity index (χ1) is 25.5. The van der Waals surface area contributed by atoms with Gasteiger partial charge in [-0.3, -0.25) is 4.79 Å². The molecule has 3 aliphatic carbocycles. The van der Waals surface area contributed by atoms with Gasteiger partial charge in [0.15, 0.2) is 11.9 Å². The van der Waals surface area contributed by atoms with Gasteiger partial charge in [0.25, 0.3) is 0 Å². The molecule has 2 saturated carbocycles. The number of rotatable bonds is 7. The molecule has 2 aromatic carbocycles. The number of nitrogens with one attached hydrogen (secondary N) is 1. The van der Waals surface area contributed by atoms with Gasteiger partial charge < -0.3 is 49.8 Å². The Bertz CT molecular complexity index is 1880. The number of aliphatic hydroxyl groups excluding tert-OH is 2. The van der Waals surface area contributed by atoms with Gasteiger partial charge >= 0.3 is 18.0 Å². The molecule has 0 aromatic heterocycles. The van der Waals surface area contributed by atoms with Crippen LogP contribution in [0.1, 0.15) is 89.7 Å². The first-order valence-electron chi connectivity index (χ1n) is 18.5. The standard InChI is InChI=1S/C41H51NO13.2Ac/c1-21-25(53-35(48)30(45)28(22-13-15-24(43)16-14-22)42-36(49)55-37(2,3)4)19-41(51)33(54-34(47)23-11-9-8-10-12-23)31-39(7,18-17-26-40(31,50)20-52-26)32(46)29(44)27(21)38(41,5)6;;/h8-16,25-26,28-31,33,43-45,50-51H,17-20H2,1-7H3,(H,42,49);;/t25?,26?,28?,29?,30?,31?,33-,39+,40?,41?;;/m0../s1. The SMILES string of the molecule is CC1=C2C(O)C(=O)[C@]3(C)CCC4OCC4(O)C3[C@H](OC(=O)c3ccccc3)C(O)(CC1OC(=O)C(O)C(NC(=O)OC(C)(C)C)c1ccc(O)cc1)C2(C)C.[Ac].[Ac]. The molecule has 1 saturated heterocycles. The van der Waals surface area contributed by atoms with E-state index in [2.05, 4.69) is 5.32 Å². The largest absolute Gasteiger partial charge is 0.508 e. The molecule has 14 nitrogen and oxygen atoms in total. The number of esters is 2. The predicted molar refractivity (Wildman–Crippen MR) is 194 cm³/mol. The predicted octanol–water partition coefficient (Wildman–Crippen LogP) is 3.42. The van der Waals surface area contributed by atoms with Crippen molar-refractivity contribution >= 4 is 23.8 Å².